The topological polar surface area (TPSA) is 106 Å². The van der Waals surface area contributed by atoms with E-state index >= 15 is 0 Å². The first-order valence-corrected chi connectivity index (χ1v) is 8.70. The van der Waals surface area contributed by atoms with Gasteiger partial charge in [-0.25, -0.2) is 4.39 Å². The Bertz CT molecular complexity index is 1120. The summed E-state index contributed by atoms with van der Waals surface area (Å²) in [4.78, 5) is 0. The Morgan fingerprint density at radius 1 is 1.14 bits per heavy atom. The molecule has 3 aromatic rings. The van der Waals surface area contributed by atoms with E-state index < -0.39 is 5.92 Å². The lowest BCUT2D eigenvalue weighted by Crippen LogP contribution is -2.21. The number of nitriles is 1. The van der Waals surface area contributed by atoms with Crippen LogP contribution >= 0.6 is 0 Å². The lowest BCUT2D eigenvalue weighted by Gasteiger charge is -2.24. The molecule has 0 amide bonds. The van der Waals surface area contributed by atoms with Crippen LogP contribution in [0.5, 0.6) is 17.4 Å². The molecule has 0 unspecified atom stereocenters. The van der Waals surface area contributed by atoms with Crippen molar-refractivity contribution in [2.45, 2.75) is 5.92 Å². The highest BCUT2D eigenvalue weighted by atomic mass is 19.1. The van der Waals surface area contributed by atoms with Crippen molar-refractivity contribution in [2.75, 3.05) is 14.2 Å². The van der Waals surface area contributed by atoms with Crippen molar-refractivity contribution in [2.24, 2.45) is 5.73 Å². The van der Waals surface area contributed by atoms with Crippen LogP contribution in [0.4, 0.5) is 4.39 Å². The molecule has 29 heavy (non-hydrogen) atoms. The highest BCUT2D eigenvalue weighted by Gasteiger charge is 2.36. The fourth-order valence-electron chi connectivity index (χ4n) is 3.41. The third-order valence-corrected chi connectivity index (χ3v) is 4.78. The molecule has 0 saturated heterocycles. The smallest absolute Gasteiger partial charge is 0.244 e. The van der Waals surface area contributed by atoms with E-state index in [0.717, 1.165) is 5.56 Å². The van der Waals surface area contributed by atoms with Gasteiger partial charge in [-0.15, -0.1) is 5.10 Å². The minimum absolute atomic E-state index is 0.0241. The van der Waals surface area contributed by atoms with Crippen molar-refractivity contribution in [1.82, 2.24) is 10.2 Å². The number of ether oxygens (including phenoxy) is 3. The molecule has 4 rings (SSSR count). The van der Waals surface area contributed by atoms with Crippen LogP contribution in [-0.2, 0) is 0 Å². The minimum Gasteiger partial charge on any atom is -0.497 e. The van der Waals surface area contributed by atoms with Crippen LogP contribution in [0, 0.1) is 17.1 Å². The lowest BCUT2D eigenvalue weighted by atomic mass is 9.83. The van der Waals surface area contributed by atoms with Crippen molar-refractivity contribution in [1.29, 1.82) is 5.26 Å². The number of methoxy groups -OCH3 is 2. The predicted molar refractivity (Wildman–Crippen MR) is 103 cm³/mol. The van der Waals surface area contributed by atoms with Crippen LogP contribution in [0.2, 0.25) is 0 Å². The molecule has 0 spiro atoms. The van der Waals surface area contributed by atoms with Gasteiger partial charge in [-0.05, 0) is 42.0 Å². The van der Waals surface area contributed by atoms with E-state index in [1.54, 1.807) is 44.6 Å². The molecule has 1 aliphatic rings. The molecule has 146 valence electrons. The summed E-state index contributed by atoms with van der Waals surface area (Å²) >= 11 is 0. The van der Waals surface area contributed by atoms with E-state index in [-0.39, 0.29) is 23.2 Å². The Hall–Kier alpha value is -3.99. The molecule has 7 nitrogen and oxygen atoms in total. The molecule has 0 aliphatic carbocycles. The van der Waals surface area contributed by atoms with Crippen LogP contribution in [-0.4, -0.2) is 24.4 Å². The van der Waals surface area contributed by atoms with Gasteiger partial charge >= 0.3 is 0 Å². The number of fused-ring (bicyclic) bond motifs is 1. The number of allylic oxidation sites excluding steroid dienone is 1. The average Bonchev–Trinajstić information content (AvgIpc) is 3.16. The van der Waals surface area contributed by atoms with Gasteiger partial charge in [0.25, 0.3) is 0 Å². The molecule has 1 aliphatic heterocycles. The SMILES string of the molecule is COc1cc(OC)cc([C@H]2C(C#N)=C(N)Oc3n[nH]c(-c4ccc(F)cc4)c32)c1. The van der Waals surface area contributed by atoms with Crippen LogP contribution in [0.3, 0.4) is 0 Å². The molecule has 1 aromatic heterocycles. The van der Waals surface area contributed by atoms with Crippen LogP contribution in [0.15, 0.2) is 53.9 Å². The molecular weight excluding hydrogens is 375 g/mol. The van der Waals surface area contributed by atoms with Gasteiger partial charge in [0.15, 0.2) is 0 Å². The Kier molecular flexibility index (Phi) is 4.56. The Balaban J connectivity index is 1.96. The molecule has 0 saturated carbocycles. The Morgan fingerprint density at radius 2 is 1.79 bits per heavy atom. The van der Waals surface area contributed by atoms with E-state index in [2.05, 4.69) is 16.3 Å². The summed E-state index contributed by atoms with van der Waals surface area (Å²) in [6.07, 6.45) is 0. The van der Waals surface area contributed by atoms with Crippen LogP contribution < -0.4 is 19.9 Å². The first kappa shape index (κ1) is 18.4. The van der Waals surface area contributed by atoms with Gasteiger partial charge in [0, 0.05) is 11.6 Å². The Morgan fingerprint density at radius 3 is 2.38 bits per heavy atom. The third-order valence-electron chi connectivity index (χ3n) is 4.78. The number of H-pyrrole nitrogens is 1. The van der Waals surface area contributed by atoms with Crippen molar-refractivity contribution >= 4 is 0 Å². The third kappa shape index (κ3) is 3.12. The molecule has 0 radical (unpaired) electrons. The van der Waals surface area contributed by atoms with Gasteiger partial charge in [-0.3, -0.25) is 5.10 Å². The van der Waals surface area contributed by atoms with Crippen molar-refractivity contribution in [3.63, 3.8) is 0 Å². The second kappa shape index (κ2) is 7.20. The second-order valence-electron chi connectivity index (χ2n) is 6.40. The zero-order valence-electron chi connectivity index (χ0n) is 15.7. The lowest BCUT2D eigenvalue weighted by molar-refractivity contribution is 0.377. The van der Waals surface area contributed by atoms with Crippen molar-refractivity contribution < 1.29 is 18.6 Å². The maximum Gasteiger partial charge on any atom is 0.244 e. The first-order valence-electron chi connectivity index (χ1n) is 8.70. The average molecular weight is 392 g/mol. The quantitative estimate of drug-likeness (QED) is 0.704. The van der Waals surface area contributed by atoms with E-state index in [0.29, 0.717) is 28.3 Å². The molecule has 2 heterocycles. The van der Waals surface area contributed by atoms with E-state index in [9.17, 15) is 9.65 Å². The first-order chi connectivity index (χ1) is 14.0. The summed E-state index contributed by atoms with van der Waals surface area (Å²) in [5.74, 6) is 0.433. The summed E-state index contributed by atoms with van der Waals surface area (Å²) in [5, 5.41) is 16.9. The standard InChI is InChI=1S/C21H17FN4O3/c1-27-14-7-12(8-15(9-14)28-2)17-16(10-23)20(24)29-21-18(17)19(25-26-21)11-3-5-13(22)6-4-11/h3-9,17H,24H2,1-2H3,(H,25,26)/t17-/m0/s1. The highest BCUT2D eigenvalue weighted by Crippen LogP contribution is 2.46. The number of nitrogens with one attached hydrogen (secondary N) is 1. The summed E-state index contributed by atoms with van der Waals surface area (Å²) < 4.78 is 29.7. The van der Waals surface area contributed by atoms with Crippen LogP contribution in [0.25, 0.3) is 11.3 Å². The van der Waals surface area contributed by atoms with Gasteiger partial charge in [-0.2, -0.15) is 5.26 Å². The summed E-state index contributed by atoms with van der Waals surface area (Å²) in [5.41, 5.74) is 8.88. The van der Waals surface area contributed by atoms with Crippen molar-refractivity contribution in [3.05, 3.63) is 70.9 Å². The second-order valence-corrected chi connectivity index (χ2v) is 6.40. The largest absolute Gasteiger partial charge is 0.497 e. The highest BCUT2D eigenvalue weighted by molar-refractivity contribution is 5.71. The van der Waals surface area contributed by atoms with Gasteiger partial charge in [-0.1, -0.05) is 0 Å². The number of benzene rings is 2. The van der Waals surface area contributed by atoms with Gasteiger partial charge < -0.3 is 19.9 Å². The number of hydrogen-bond acceptors (Lipinski definition) is 6. The predicted octanol–water partition coefficient (Wildman–Crippen LogP) is 3.45. The number of halogens is 1. The molecule has 1 atom stereocenters. The molecule has 3 N–H and O–H groups in total. The number of aromatic amines is 1. The van der Waals surface area contributed by atoms with Gasteiger partial charge in [0.1, 0.15) is 29.0 Å². The van der Waals surface area contributed by atoms with E-state index in [1.165, 1.54) is 12.1 Å². The zero-order chi connectivity index (χ0) is 20.5. The number of rotatable bonds is 4. The molecular formula is C21H17FN4O3. The fourth-order valence-corrected chi connectivity index (χ4v) is 3.41. The van der Waals surface area contributed by atoms with Gasteiger partial charge in [0.05, 0.1) is 31.4 Å². The molecule has 0 bridgehead atoms. The minimum atomic E-state index is -0.577. The number of nitrogens with two attached hydrogens (primary N) is 1. The maximum absolute atomic E-state index is 13.4. The zero-order valence-corrected chi connectivity index (χ0v) is 15.7. The summed E-state index contributed by atoms with van der Waals surface area (Å²) in [6.45, 7) is 0. The monoisotopic (exact) mass is 392 g/mol. The molecule has 0 fully saturated rings. The molecule has 8 heteroatoms. The summed E-state index contributed by atoms with van der Waals surface area (Å²) in [7, 11) is 3.09. The normalized spacial score (nSPS) is 15.3. The number of nitrogens with zero attached hydrogens (tertiary/aromatic N) is 2. The van der Waals surface area contributed by atoms with Crippen molar-refractivity contribution in [3.8, 4) is 34.7 Å². The van der Waals surface area contributed by atoms with E-state index in [4.69, 9.17) is 19.9 Å². The maximum atomic E-state index is 13.4. The van der Waals surface area contributed by atoms with Gasteiger partial charge in [0.2, 0.25) is 11.8 Å². The summed E-state index contributed by atoms with van der Waals surface area (Å²) in [6, 6.07) is 13.4. The number of hydrogen-bond donors (Lipinski definition) is 2. The fraction of sp³-hybridized carbons (Fsp3) is 0.143. The van der Waals surface area contributed by atoms with Crippen LogP contribution in [0.1, 0.15) is 17.0 Å². The Labute approximate surface area is 166 Å². The van der Waals surface area contributed by atoms with E-state index in [1.807, 2.05) is 0 Å². The number of aromatic nitrogens is 2. The molecule has 2 aromatic carbocycles.